The summed E-state index contributed by atoms with van der Waals surface area (Å²) in [6, 6.07) is 3.24. The van der Waals surface area contributed by atoms with Crippen molar-refractivity contribution in [2.45, 2.75) is 39.0 Å². The first-order valence-electron chi connectivity index (χ1n) is 6.75. The van der Waals surface area contributed by atoms with Crippen LogP contribution in [0.5, 0.6) is 0 Å². The van der Waals surface area contributed by atoms with Crippen molar-refractivity contribution in [3.63, 3.8) is 0 Å². The highest BCUT2D eigenvalue weighted by atomic mass is 16.6. The van der Waals surface area contributed by atoms with Crippen LogP contribution in [0, 0.1) is 0 Å². The second-order valence-electron chi connectivity index (χ2n) is 5.77. The Hall–Kier alpha value is -2.15. The number of rotatable bonds is 4. The summed E-state index contributed by atoms with van der Waals surface area (Å²) in [5.41, 5.74) is 0.906. The Morgan fingerprint density at radius 1 is 1.48 bits per heavy atom. The quantitative estimate of drug-likeness (QED) is 0.887. The van der Waals surface area contributed by atoms with Gasteiger partial charge < -0.3 is 19.7 Å². The van der Waals surface area contributed by atoms with E-state index in [2.05, 4.69) is 15.3 Å². The number of amides is 1. The van der Waals surface area contributed by atoms with Crippen molar-refractivity contribution in [1.29, 1.82) is 0 Å². The van der Waals surface area contributed by atoms with Crippen LogP contribution in [-0.2, 0) is 11.3 Å². The minimum atomic E-state index is -0.574. The molecule has 1 amide bonds. The molecule has 0 saturated heterocycles. The molecule has 0 fully saturated rings. The lowest BCUT2D eigenvalue weighted by atomic mass is 10.2. The lowest BCUT2D eigenvalue weighted by Gasteiger charge is -2.23. The number of nitrogens with zero attached hydrogens (tertiary/aromatic N) is 3. The van der Waals surface area contributed by atoms with E-state index in [0.29, 0.717) is 12.2 Å². The predicted octanol–water partition coefficient (Wildman–Crippen LogP) is 1.32. The Balaban J connectivity index is 2.04. The van der Waals surface area contributed by atoms with Gasteiger partial charge in [-0.15, -0.1) is 0 Å². The molecule has 0 radical (unpaired) electrons. The Kier molecular flexibility index (Phi) is 4.42. The van der Waals surface area contributed by atoms with Crippen molar-refractivity contribution in [1.82, 2.24) is 19.9 Å². The van der Waals surface area contributed by atoms with Gasteiger partial charge >= 0.3 is 6.09 Å². The fourth-order valence-electron chi connectivity index (χ4n) is 1.90. The molecule has 1 unspecified atom stereocenters. The summed E-state index contributed by atoms with van der Waals surface area (Å²) in [5.74, 6) is 0. The van der Waals surface area contributed by atoms with Crippen molar-refractivity contribution in [3.05, 3.63) is 24.7 Å². The van der Waals surface area contributed by atoms with Gasteiger partial charge in [-0.05, 0) is 32.9 Å². The second-order valence-corrected chi connectivity index (χ2v) is 5.77. The van der Waals surface area contributed by atoms with Gasteiger partial charge in [0.2, 0.25) is 0 Å². The number of carbonyl (C=O) groups is 1. The Bertz CT molecular complexity index is 618. The molecule has 2 rings (SSSR count). The van der Waals surface area contributed by atoms with E-state index in [1.54, 1.807) is 33.3 Å². The number of aliphatic hydroxyl groups is 1. The third-order valence-electron chi connectivity index (χ3n) is 2.75. The highest BCUT2D eigenvalue weighted by Crippen LogP contribution is 2.10. The maximum atomic E-state index is 11.7. The van der Waals surface area contributed by atoms with Crippen LogP contribution < -0.4 is 5.32 Å². The molecular formula is C14H20N4O3. The lowest BCUT2D eigenvalue weighted by Crippen LogP contribution is -2.43. The molecule has 7 nitrogen and oxygen atoms in total. The van der Waals surface area contributed by atoms with Crippen molar-refractivity contribution in [2.24, 2.45) is 0 Å². The highest BCUT2D eigenvalue weighted by molar-refractivity contribution is 5.70. The first kappa shape index (κ1) is 15.2. The average molecular weight is 292 g/mol. The normalized spacial score (nSPS) is 13.1. The predicted molar refractivity (Wildman–Crippen MR) is 77.8 cm³/mol. The summed E-state index contributed by atoms with van der Waals surface area (Å²) in [6.07, 6.45) is 2.75. The zero-order chi connectivity index (χ0) is 15.5. The van der Waals surface area contributed by atoms with Gasteiger partial charge in [0.15, 0.2) is 5.65 Å². The highest BCUT2D eigenvalue weighted by Gasteiger charge is 2.19. The van der Waals surface area contributed by atoms with E-state index in [-0.39, 0.29) is 6.61 Å². The Morgan fingerprint density at radius 2 is 2.24 bits per heavy atom. The number of hydrogen-bond acceptors (Lipinski definition) is 5. The number of imidazole rings is 1. The van der Waals surface area contributed by atoms with E-state index < -0.39 is 17.7 Å². The van der Waals surface area contributed by atoms with Crippen LogP contribution in [0.25, 0.3) is 11.2 Å². The third-order valence-corrected chi connectivity index (χ3v) is 2.75. The molecule has 0 aliphatic rings. The monoisotopic (exact) mass is 292 g/mol. The molecule has 0 saturated carbocycles. The molecule has 0 bridgehead atoms. The molecule has 0 aliphatic carbocycles. The van der Waals surface area contributed by atoms with Gasteiger partial charge in [-0.25, -0.2) is 14.8 Å². The van der Waals surface area contributed by atoms with Gasteiger partial charge in [-0.2, -0.15) is 0 Å². The van der Waals surface area contributed by atoms with Crippen molar-refractivity contribution < 1.29 is 14.6 Å². The molecule has 1 atom stereocenters. The van der Waals surface area contributed by atoms with E-state index in [9.17, 15) is 9.90 Å². The molecule has 0 aromatic carbocycles. The van der Waals surface area contributed by atoms with E-state index >= 15 is 0 Å². The van der Waals surface area contributed by atoms with Crippen LogP contribution in [0.1, 0.15) is 20.8 Å². The topological polar surface area (TPSA) is 89.3 Å². The van der Waals surface area contributed by atoms with Gasteiger partial charge in [0.1, 0.15) is 5.60 Å². The lowest BCUT2D eigenvalue weighted by molar-refractivity contribution is 0.0476. The van der Waals surface area contributed by atoms with Crippen LogP contribution >= 0.6 is 0 Å². The fraction of sp³-hybridized carbons (Fsp3) is 0.500. The summed E-state index contributed by atoms with van der Waals surface area (Å²) in [6.45, 7) is 5.55. The van der Waals surface area contributed by atoms with Gasteiger partial charge in [-0.3, -0.25) is 0 Å². The number of hydrogen-bond donors (Lipinski definition) is 2. The van der Waals surface area contributed by atoms with Crippen LogP contribution in [0.2, 0.25) is 0 Å². The SMILES string of the molecule is CC(C)(C)OC(=O)NC(CO)Cn1cnc2ncccc21. The number of ether oxygens (including phenoxy) is 1. The molecule has 114 valence electrons. The molecular weight excluding hydrogens is 272 g/mol. The van der Waals surface area contributed by atoms with Gasteiger partial charge in [0.25, 0.3) is 0 Å². The molecule has 0 aliphatic heterocycles. The Morgan fingerprint density at radius 3 is 2.90 bits per heavy atom. The van der Waals surface area contributed by atoms with Crippen LogP contribution in [0.15, 0.2) is 24.7 Å². The minimum Gasteiger partial charge on any atom is -0.444 e. The molecule has 0 spiro atoms. The number of aromatic nitrogens is 3. The smallest absolute Gasteiger partial charge is 0.408 e. The summed E-state index contributed by atoms with van der Waals surface area (Å²) < 4.78 is 7.01. The first-order valence-corrected chi connectivity index (χ1v) is 6.75. The zero-order valence-electron chi connectivity index (χ0n) is 12.4. The standard InChI is InChI=1S/C14H20N4O3/c1-14(2,3)21-13(20)17-10(8-19)7-18-9-16-12-11(18)5-4-6-15-12/h4-6,9-10,19H,7-8H2,1-3H3,(H,17,20). The average Bonchev–Trinajstić information content (AvgIpc) is 2.79. The molecule has 21 heavy (non-hydrogen) atoms. The molecule has 2 aromatic rings. The summed E-state index contributed by atoms with van der Waals surface area (Å²) >= 11 is 0. The molecule has 7 heteroatoms. The number of fused-ring (bicyclic) bond motifs is 1. The van der Waals surface area contributed by atoms with E-state index in [1.807, 2.05) is 16.7 Å². The van der Waals surface area contributed by atoms with E-state index in [4.69, 9.17) is 4.74 Å². The van der Waals surface area contributed by atoms with Crippen molar-refractivity contribution in [3.8, 4) is 0 Å². The summed E-state index contributed by atoms with van der Waals surface area (Å²) in [7, 11) is 0. The largest absolute Gasteiger partial charge is 0.444 e. The van der Waals surface area contributed by atoms with Crippen molar-refractivity contribution in [2.75, 3.05) is 6.61 Å². The summed E-state index contributed by atoms with van der Waals surface area (Å²) in [5, 5.41) is 12.1. The number of aliphatic hydroxyl groups excluding tert-OH is 1. The number of carbonyl (C=O) groups excluding carboxylic acids is 1. The number of nitrogens with one attached hydrogen (secondary N) is 1. The zero-order valence-corrected chi connectivity index (χ0v) is 12.4. The Labute approximate surface area is 123 Å². The number of alkyl carbamates (subject to hydrolysis) is 1. The molecule has 2 heterocycles. The minimum absolute atomic E-state index is 0.195. The summed E-state index contributed by atoms with van der Waals surface area (Å²) in [4.78, 5) is 20.0. The van der Waals surface area contributed by atoms with Gasteiger partial charge in [0.05, 0.1) is 24.5 Å². The molecule has 2 aromatic heterocycles. The van der Waals surface area contributed by atoms with Gasteiger partial charge in [0, 0.05) is 12.7 Å². The maximum absolute atomic E-state index is 11.7. The maximum Gasteiger partial charge on any atom is 0.408 e. The van der Waals surface area contributed by atoms with Gasteiger partial charge in [-0.1, -0.05) is 0 Å². The fourth-order valence-corrected chi connectivity index (χ4v) is 1.90. The second kappa shape index (κ2) is 6.09. The van der Waals surface area contributed by atoms with E-state index in [0.717, 1.165) is 5.52 Å². The van der Waals surface area contributed by atoms with Crippen LogP contribution in [0.4, 0.5) is 4.79 Å². The number of pyridine rings is 1. The first-order chi connectivity index (χ1) is 9.89. The third kappa shape index (κ3) is 4.16. The van der Waals surface area contributed by atoms with Crippen LogP contribution in [0.3, 0.4) is 0 Å². The van der Waals surface area contributed by atoms with E-state index in [1.165, 1.54) is 0 Å². The van der Waals surface area contributed by atoms with Crippen LogP contribution in [-0.4, -0.2) is 44.0 Å². The van der Waals surface area contributed by atoms with Crippen molar-refractivity contribution >= 4 is 17.3 Å². The molecule has 2 N–H and O–H groups in total.